The number of rotatable bonds is 7. The van der Waals surface area contributed by atoms with E-state index >= 15 is 0 Å². The minimum Gasteiger partial charge on any atom is -0.369 e. The van der Waals surface area contributed by atoms with Gasteiger partial charge < -0.3 is 16.5 Å². The molecular formula is C12H18N4O3. The Morgan fingerprint density at radius 2 is 1.63 bits per heavy atom. The summed E-state index contributed by atoms with van der Waals surface area (Å²) in [5, 5.41) is 0. The molecule has 0 saturated heterocycles. The number of carbonyl (C=O) groups excluding carboxylic acids is 3. The summed E-state index contributed by atoms with van der Waals surface area (Å²) in [5.41, 5.74) is 12.3. The summed E-state index contributed by atoms with van der Waals surface area (Å²) in [6.07, 6.45) is 0. The lowest BCUT2D eigenvalue weighted by Crippen LogP contribution is -2.42. The second kappa shape index (κ2) is 6.14. The molecular weight excluding hydrogens is 248 g/mol. The second-order valence-electron chi connectivity index (χ2n) is 4.49. The number of Topliss-reactive ketones (excluding diaryl/α,β-unsaturated/α-hetero) is 1. The number of aromatic amines is 1. The smallest absolute Gasteiger partial charge is 0.231 e. The number of hydrogen-bond acceptors (Lipinski definition) is 4. The highest BCUT2D eigenvalue weighted by molar-refractivity contribution is 5.99. The first-order chi connectivity index (χ1) is 8.79. The van der Waals surface area contributed by atoms with Crippen molar-refractivity contribution in [3.63, 3.8) is 0 Å². The van der Waals surface area contributed by atoms with Crippen LogP contribution in [0.4, 0.5) is 0 Å². The molecule has 104 valence electrons. The Morgan fingerprint density at radius 3 is 2.00 bits per heavy atom. The van der Waals surface area contributed by atoms with Gasteiger partial charge in [-0.3, -0.25) is 19.3 Å². The van der Waals surface area contributed by atoms with Crippen LogP contribution in [0.1, 0.15) is 21.7 Å². The summed E-state index contributed by atoms with van der Waals surface area (Å²) < 4.78 is 0. The highest BCUT2D eigenvalue weighted by atomic mass is 16.2. The zero-order valence-corrected chi connectivity index (χ0v) is 11.0. The molecule has 19 heavy (non-hydrogen) atoms. The number of nitrogens with one attached hydrogen (secondary N) is 1. The van der Waals surface area contributed by atoms with Gasteiger partial charge in [0.05, 0.1) is 19.6 Å². The van der Waals surface area contributed by atoms with Gasteiger partial charge in [0.1, 0.15) is 0 Å². The van der Waals surface area contributed by atoms with Crippen LogP contribution in [-0.2, 0) is 9.59 Å². The van der Waals surface area contributed by atoms with Crippen LogP contribution in [-0.4, -0.2) is 47.1 Å². The summed E-state index contributed by atoms with van der Waals surface area (Å²) in [5.74, 6) is -1.42. The highest BCUT2D eigenvalue weighted by Crippen LogP contribution is 2.10. The number of hydrogen-bond donors (Lipinski definition) is 3. The molecule has 7 nitrogen and oxygen atoms in total. The van der Waals surface area contributed by atoms with Crippen LogP contribution >= 0.6 is 0 Å². The largest absolute Gasteiger partial charge is 0.369 e. The number of primary amides is 2. The van der Waals surface area contributed by atoms with Gasteiger partial charge in [-0.15, -0.1) is 0 Å². The van der Waals surface area contributed by atoms with E-state index < -0.39 is 11.8 Å². The van der Waals surface area contributed by atoms with Crippen molar-refractivity contribution in [2.45, 2.75) is 13.8 Å². The lowest BCUT2D eigenvalue weighted by atomic mass is 10.1. The van der Waals surface area contributed by atoms with Crippen molar-refractivity contribution < 1.29 is 14.4 Å². The van der Waals surface area contributed by atoms with E-state index in [0.29, 0.717) is 5.56 Å². The summed E-state index contributed by atoms with van der Waals surface area (Å²) in [6, 6.07) is 1.73. The Hall–Kier alpha value is -2.15. The average molecular weight is 266 g/mol. The first kappa shape index (κ1) is 14.9. The molecule has 7 heteroatoms. The van der Waals surface area contributed by atoms with E-state index in [4.69, 9.17) is 11.5 Å². The fraction of sp³-hybridized carbons (Fsp3) is 0.417. The van der Waals surface area contributed by atoms with Crippen molar-refractivity contribution in [2.75, 3.05) is 19.6 Å². The van der Waals surface area contributed by atoms with Crippen molar-refractivity contribution in [2.24, 2.45) is 11.5 Å². The Morgan fingerprint density at radius 1 is 1.11 bits per heavy atom. The van der Waals surface area contributed by atoms with E-state index in [1.165, 1.54) is 4.90 Å². The molecule has 1 aromatic rings. The van der Waals surface area contributed by atoms with Gasteiger partial charge in [-0.05, 0) is 19.9 Å². The van der Waals surface area contributed by atoms with Gasteiger partial charge in [-0.2, -0.15) is 0 Å². The van der Waals surface area contributed by atoms with Gasteiger partial charge in [-0.1, -0.05) is 0 Å². The van der Waals surface area contributed by atoms with Crippen LogP contribution in [0.3, 0.4) is 0 Å². The van der Waals surface area contributed by atoms with Crippen LogP contribution in [0.2, 0.25) is 0 Å². The second-order valence-corrected chi connectivity index (χ2v) is 4.49. The van der Waals surface area contributed by atoms with Crippen LogP contribution < -0.4 is 11.5 Å². The number of H-pyrrole nitrogens is 1. The molecule has 0 aliphatic carbocycles. The average Bonchev–Trinajstić information content (AvgIpc) is 2.55. The summed E-state index contributed by atoms with van der Waals surface area (Å²) in [4.78, 5) is 38.2. The highest BCUT2D eigenvalue weighted by Gasteiger charge is 2.18. The molecule has 0 saturated carbocycles. The zero-order valence-electron chi connectivity index (χ0n) is 11.0. The number of aryl methyl sites for hydroxylation is 2. The molecule has 0 fully saturated rings. The van der Waals surface area contributed by atoms with Gasteiger partial charge in [-0.25, -0.2) is 0 Å². The molecule has 0 radical (unpaired) electrons. The molecule has 5 N–H and O–H groups in total. The Balaban J connectivity index is 2.78. The number of amides is 2. The van der Waals surface area contributed by atoms with E-state index in [1.54, 1.807) is 13.0 Å². The number of nitrogens with zero attached hydrogens (tertiary/aromatic N) is 1. The maximum Gasteiger partial charge on any atom is 0.231 e. The van der Waals surface area contributed by atoms with Gasteiger partial charge in [0, 0.05) is 17.0 Å². The fourth-order valence-electron chi connectivity index (χ4n) is 1.91. The summed E-state index contributed by atoms with van der Waals surface area (Å²) >= 11 is 0. The third-order valence-corrected chi connectivity index (χ3v) is 2.58. The van der Waals surface area contributed by atoms with Crippen LogP contribution in [0.5, 0.6) is 0 Å². The first-order valence-corrected chi connectivity index (χ1v) is 5.78. The monoisotopic (exact) mass is 266 g/mol. The van der Waals surface area contributed by atoms with Gasteiger partial charge in [0.25, 0.3) is 0 Å². The number of ketones is 1. The standard InChI is InChI=1S/C12H18N4O3/c1-7-3-9(8(2)15-7)10(17)4-16(5-11(13)18)6-12(14)19/h3,15H,4-6H2,1-2H3,(H2,13,18)(H2,14,19). The van der Waals surface area contributed by atoms with Gasteiger partial charge in [0.15, 0.2) is 5.78 Å². The lowest BCUT2D eigenvalue weighted by molar-refractivity contribution is -0.121. The van der Waals surface area contributed by atoms with E-state index in [1.807, 2.05) is 6.92 Å². The van der Waals surface area contributed by atoms with Crippen molar-refractivity contribution >= 4 is 17.6 Å². The van der Waals surface area contributed by atoms with Gasteiger partial charge in [0.2, 0.25) is 11.8 Å². The fourth-order valence-corrected chi connectivity index (χ4v) is 1.91. The van der Waals surface area contributed by atoms with E-state index in [-0.39, 0.29) is 25.4 Å². The van der Waals surface area contributed by atoms with E-state index in [0.717, 1.165) is 11.4 Å². The molecule has 0 aliphatic rings. The number of nitrogens with two attached hydrogens (primary N) is 2. The van der Waals surface area contributed by atoms with Crippen LogP contribution in [0.25, 0.3) is 0 Å². The minimum atomic E-state index is -0.615. The van der Waals surface area contributed by atoms with Crippen molar-refractivity contribution in [1.29, 1.82) is 0 Å². The van der Waals surface area contributed by atoms with Crippen molar-refractivity contribution in [3.05, 3.63) is 23.0 Å². The molecule has 1 heterocycles. The molecule has 0 spiro atoms. The molecule has 0 aliphatic heterocycles. The van der Waals surface area contributed by atoms with E-state index in [9.17, 15) is 14.4 Å². The first-order valence-electron chi connectivity index (χ1n) is 5.78. The molecule has 0 atom stereocenters. The van der Waals surface area contributed by atoms with Crippen molar-refractivity contribution in [3.8, 4) is 0 Å². The molecule has 0 unspecified atom stereocenters. The lowest BCUT2D eigenvalue weighted by Gasteiger charge is -2.17. The third kappa shape index (κ3) is 4.55. The predicted octanol–water partition coefficient (Wildman–Crippen LogP) is -0.913. The normalized spacial score (nSPS) is 10.7. The Kier molecular flexibility index (Phi) is 4.82. The van der Waals surface area contributed by atoms with Crippen molar-refractivity contribution in [1.82, 2.24) is 9.88 Å². The summed E-state index contributed by atoms with van der Waals surface area (Å²) in [6.45, 7) is 3.18. The molecule has 2 amide bonds. The number of aromatic nitrogens is 1. The Bertz CT molecular complexity index is 491. The number of carbonyl (C=O) groups is 3. The SMILES string of the molecule is Cc1cc(C(=O)CN(CC(N)=O)CC(N)=O)c(C)[nH]1. The van der Waals surface area contributed by atoms with Gasteiger partial charge >= 0.3 is 0 Å². The predicted molar refractivity (Wildman–Crippen MR) is 69.4 cm³/mol. The van der Waals surface area contributed by atoms with Crippen LogP contribution in [0.15, 0.2) is 6.07 Å². The molecule has 0 bridgehead atoms. The minimum absolute atomic E-state index is 0.0794. The zero-order chi connectivity index (χ0) is 14.6. The maximum atomic E-state index is 12.1. The maximum absolute atomic E-state index is 12.1. The van der Waals surface area contributed by atoms with Crippen LogP contribution in [0, 0.1) is 13.8 Å². The molecule has 1 aromatic heterocycles. The quantitative estimate of drug-likeness (QED) is 0.553. The topological polar surface area (TPSA) is 122 Å². The Labute approximate surface area is 110 Å². The molecule has 1 rings (SSSR count). The molecule has 0 aromatic carbocycles. The van der Waals surface area contributed by atoms with E-state index in [2.05, 4.69) is 4.98 Å². The third-order valence-electron chi connectivity index (χ3n) is 2.58. The summed E-state index contributed by atoms with van der Waals surface area (Å²) in [7, 11) is 0.